The highest BCUT2D eigenvalue weighted by molar-refractivity contribution is 6.04. The monoisotopic (exact) mass is 354 g/mol. The van der Waals surface area contributed by atoms with Crippen molar-refractivity contribution < 1.29 is 13.9 Å². The van der Waals surface area contributed by atoms with E-state index in [0.29, 0.717) is 35.7 Å². The van der Waals surface area contributed by atoms with Crippen molar-refractivity contribution >= 4 is 22.5 Å². The number of carbonyl (C=O) groups excluding carboxylic acids is 1. The van der Waals surface area contributed by atoms with Gasteiger partial charge < -0.3 is 16.2 Å². The molecule has 0 aliphatic rings. The van der Waals surface area contributed by atoms with Crippen molar-refractivity contribution in [3.8, 4) is 5.75 Å². The molecule has 3 aromatic rings. The van der Waals surface area contributed by atoms with Crippen molar-refractivity contribution in [1.29, 1.82) is 0 Å². The first-order valence-corrected chi connectivity index (χ1v) is 8.18. The Balaban J connectivity index is 1.82. The fourth-order valence-electron chi connectivity index (χ4n) is 2.97. The normalized spacial score (nSPS) is 10.8. The van der Waals surface area contributed by atoms with Gasteiger partial charge in [0.05, 0.1) is 18.3 Å². The van der Waals surface area contributed by atoms with Gasteiger partial charge in [0, 0.05) is 5.39 Å². The molecule has 0 spiro atoms. The summed E-state index contributed by atoms with van der Waals surface area (Å²) in [4.78, 5) is 11.4. The highest BCUT2D eigenvalue weighted by atomic mass is 19.1. The number of hydrogen-bond donors (Lipinski definition) is 2. The number of aryl methyl sites for hydroxylation is 2. The molecule has 134 valence electrons. The number of anilines is 1. The number of methoxy groups -OCH3 is 1. The van der Waals surface area contributed by atoms with Crippen LogP contribution in [0.25, 0.3) is 10.9 Å². The highest BCUT2D eigenvalue weighted by Gasteiger charge is 2.14. The average molecular weight is 354 g/mol. The van der Waals surface area contributed by atoms with Crippen LogP contribution in [0.3, 0.4) is 0 Å². The molecule has 4 N–H and O–H groups in total. The van der Waals surface area contributed by atoms with Crippen molar-refractivity contribution in [1.82, 2.24) is 10.2 Å². The first-order chi connectivity index (χ1) is 12.5. The van der Waals surface area contributed by atoms with Gasteiger partial charge in [-0.2, -0.15) is 0 Å². The molecule has 26 heavy (non-hydrogen) atoms. The Kier molecular flexibility index (Phi) is 4.97. The van der Waals surface area contributed by atoms with Crippen LogP contribution in [0.5, 0.6) is 5.75 Å². The number of halogens is 1. The molecule has 1 amide bonds. The van der Waals surface area contributed by atoms with Crippen LogP contribution in [0.1, 0.15) is 28.0 Å². The summed E-state index contributed by atoms with van der Waals surface area (Å²) >= 11 is 0. The molecule has 0 radical (unpaired) electrons. The third kappa shape index (κ3) is 3.28. The largest absolute Gasteiger partial charge is 0.494 e. The quantitative estimate of drug-likeness (QED) is 0.708. The van der Waals surface area contributed by atoms with E-state index in [0.717, 1.165) is 5.56 Å². The van der Waals surface area contributed by atoms with E-state index in [1.54, 1.807) is 24.3 Å². The van der Waals surface area contributed by atoms with E-state index in [-0.39, 0.29) is 22.9 Å². The van der Waals surface area contributed by atoms with E-state index in [9.17, 15) is 9.18 Å². The summed E-state index contributed by atoms with van der Waals surface area (Å²) in [5.74, 6) is -0.802. The molecule has 0 unspecified atom stereocenters. The lowest BCUT2D eigenvalue weighted by Gasteiger charge is -2.10. The number of benzene rings is 2. The number of nitrogen functional groups attached to an aromatic ring is 1. The number of aromatic nitrogens is 2. The van der Waals surface area contributed by atoms with Crippen LogP contribution in [0.15, 0.2) is 36.4 Å². The van der Waals surface area contributed by atoms with Gasteiger partial charge in [-0.25, -0.2) is 4.39 Å². The first kappa shape index (κ1) is 17.6. The van der Waals surface area contributed by atoms with Gasteiger partial charge in [-0.1, -0.05) is 30.3 Å². The van der Waals surface area contributed by atoms with Gasteiger partial charge in [-0.3, -0.25) is 4.79 Å². The molecule has 0 saturated heterocycles. The SMILES string of the molecule is COc1cccc(CCCc2cccc3c(N)c(C(N)=O)nnc23)c1F. The number of hydrogen-bond acceptors (Lipinski definition) is 5. The molecule has 2 aromatic carbocycles. The van der Waals surface area contributed by atoms with Gasteiger partial charge in [0.15, 0.2) is 17.3 Å². The standard InChI is InChI=1S/C19H19FN4O2/c1-26-14-10-4-6-11(15(14)20)5-2-7-12-8-3-9-13-16(21)18(19(22)25)24-23-17(12)13/h3-4,6,8-10H,2,5,7H2,1H3,(H2,21,23)(H2,22,25). The van der Waals surface area contributed by atoms with Crippen LogP contribution >= 0.6 is 0 Å². The fraction of sp³-hybridized carbons (Fsp3) is 0.211. The zero-order valence-corrected chi connectivity index (χ0v) is 14.3. The zero-order valence-electron chi connectivity index (χ0n) is 14.3. The summed E-state index contributed by atoms with van der Waals surface area (Å²) in [5, 5.41) is 8.59. The number of nitrogens with zero attached hydrogens (tertiary/aromatic N) is 2. The number of ether oxygens (including phenoxy) is 1. The van der Waals surface area contributed by atoms with E-state index in [1.807, 2.05) is 12.1 Å². The number of amides is 1. The van der Waals surface area contributed by atoms with Crippen LogP contribution in [-0.4, -0.2) is 23.2 Å². The molecule has 7 heteroatoms. The molecule has 0 saturated carbocycles. The smallest absolute Gasteiger partial charge is 0.271 e. The molecule has 1 heterocycles. The second-order valence-electron chi connectivity index (χ2n) is 5.93. The molecular weight excluding hydrogens is 335 g/mol. The summed E-state index contributed by atoms with van der Waals surface area (Å²) in [7, 11) is 1.45. The van der Waals surface area contributed by atoms with Crippen LogP contribution in [0.4, 0.5) is 10.1 Å². The number of carbonyl (C=O) groups is 1. The van der Waals surface area contributed by atoms with Crippen molar-refractivity contribution in [2.45, 2.75) is 19.3 Å². The van der Waals surface area contributed by atoms with Gasteiger partial charge in [-0.15, -0.1) is 10.2 Å². The molecule has 1 aromatic heterocycles. The van der Waals surface area contributed by atoms with E-state index in [2.05, 4.69) is 10.2 Å². The third-order valence-corrected chi connectivity index (χ3v) is 4.30. The van der Waals surface area contributed by atoms with E-state index in [4.69, 9.17) is 16.2 Å². The summed E-state index contributed by atoms with van der Waals surface area (Å²) < 4.78 is 19.2. The Labute approximate surface area is 150 Å². The molecule has 0 fully saturated rings. The van der Waals surface area contributed by atoms with Gasteiger partial charge in [0.2, 0.25) is 0 Å². The third-order valence-electron chi connectivity index (χ3n) is 4.30. The molecule has 3 rings (SSSR count). The van der Waals surface area contributed by atoms with E-state index in [1.165, 1.54) is 7.11 Å². The second-order valence-corrected chi connectivity index (χ2v) is 5.93. The van der Waals surface area contributed by atoms with Gasteiger partial charge in [-0.05, 0) is 36.5 Å². The maximum absolute atomic E-state index is 14.2. The molecule has 0 aliphatic carbocycles. The minimum Gasteiger partial charge on any atom is -0.494 e. The predicted molar refractivity (Wildman–Crippen MR) is 97.4 cm³/mol. The molecular formula is C19H19FN4O2. The summed E-state index contributed by atoms with van der Waals surface area (Å²) in [6, 6.07) is 10.6. The lowest BCUT2D eigenvalue weighted by atomic mass is 10.0. The van der Waals surface area contributed by atoms with Gasteiger partial charge in [0.1, 0.15) is 0 Å². The first-order valence-electron chi connectivity index (χ1n) is 8.18. The number of primary amides is 1. The molecule has 0 atom stereocenters. The summed E-state index contributed by atoms with van der Waals surface area (Å²) in [6.45, 7) is 0. The maximum atomic E-state index is 14.2. The van der Waals surface area contributed by atoms with Crippen molar-refractivity contribution in [3.05, 3.63) is 59.0 Å². The Morgan fingerprint density at radius 3 is 2.54 bits per heavy atom. The van der Waals surface area contributed by atoms with Gasteiger partial charge in [0.25, 0.3) is 5.91 Å². The predicted octanol–water partition coefficient (Wildman–Crippen LogP) is 2.63. The Bertz CT molecular complexity index is 975. The minimum atomic E-state index is -0.712. The Hall–Kier alpha value is -3.22. The van der Waals surface area contributed by atoms with Crippen molar-refractivity contribution in [2.24, 2.45) is 5.73 Å². The Morgan fingerprint density at radius 1 is 1.12 bits per heavy atom. The molecule has 0 aliphatic heterocycles. The number of fused-ring (bicyclic) bond motifs is 1. The van der Waals surface area contributed by atoms with Crippen LogP contribution in [0, 0.1) is 5.82 Å². The zero-order chi connectivity index (χ0) is 18.7. The average Bonchev–Trinajstić information content (AvgIpc) is 2.63. The van der Waals surface area contributed by atoms with Crippen LogP contribution < -0.4 is 16.2 Å². The van der Waals surface area contributed by atoms with E-state index >= 15 is 0 Å². The Morgan fingerprint density at radius 2 is 1.81 bits per heavy atom. The van der Waals surface area contributed by atoms with Gasteiger partial charge >= 0.3 is 0 Å². The van der Waals surface area contributed by atoms with Crippen molar-refractivity contribution in [2.75, 3.05) is 12.8 Å². The minimum absolute atomic E-state index is 0.0342. The summed E-state index contributed by atoms with van der Waals surface area (Å²) in [5.41, 5.74) is 13.6. The molecule has 0 bridgehead atoms. The van der Waals surface area contributed by atoms with Crippen LogP contribution in [-0.2, 0) is 12.8 Å². The highest BCUT2D eigenvalue weighted by Crippen LogP contribution is 2.26. The maximum Gasteiger partial charge on any atom is 0.271 e. The number of nitrogens with two attached hydrogens (primary N) is 2. The second kappa shape index (κ2) is 7.35. The number of rotatable bonds is 6. The fourth-order valence-corrected chi connectivity index (χ4v) is 2.97. The molecule has 6 nitrogen and oxygen atoms in total. The summed E-state index contributed by atoms with van der Waals surface area (Å²) in [6.07, 6.45) is 1.93. The van der Waals surface area contributed by atoms with Crippen LogP contribution in [0.2, 0.25) is 0 Å². The lowest BCUT2D eigenvalue weighted by Crippen LogP contribution is -2.17. The van der Waals surface area contributed by atoms with Crippen molar-refractivity contribution in [3.63, 3.8) is 0 Å². The van der Waals surface area contributed by atoms with E-state index < -0.39 is 5.91 Å². The topological polar surface area (TPSA) is 104 Å². The lowest BCUT2D eigenvalue weighted by molar-refractivity contribution is 0.0996.